The fraction of sp³-hybridized carbons (Fsp3) is 0.867. The summed E-state index contributed by atoms with van der Waals surface area (Å²) in [6.45, 7) is 13.6. The molecule has 7 nitrogen and oxygen atoms in total. The molecule has 0 atom stereocenters. The second kappa shape index (κ2) is 29.5. The van der Waals surface area contributed by atoms with Gasteiger partial charge in [-0.2, -0.15) is 8.42 Å². The number of hydrogen-bond donors (Lipinski definition) is 3. The van der Waals surface area contributed by atoms with Crippen LogP contribution in [0.1, 0.15) is 52.9 Å². The van der Waals surface area contributed by atoms with Crippen LogP contribution < -0.4 is 0 Å². The van der Waals surface area contributed by atoms with Gasteiger partial charge in [0.05, 0.1) is 19.8 Å². The maximum atomic E-state index is 10.1. The van der Waals surface area contributed by atoms with Crippen molar-refractivity contribution in [3.8, 4) is 0 Å². The number of aliphatic hydroxyl groups is 2. The van der Waals surface area contributed by atoms with Gasteiger partial charge in [-0.3, -0.25) is 4.55 Å². The Bertz CT molecular complexity index is 265. The molecule has 0 bridgehead atoms. The molecule has 0 aliphatic carbocycles. The summed E-state index contributed by atoms with van der Waals surface area (Å²) in [5.41, 5.74) is 0. The van der Waals surface area contributed by atoms with Gasteiger partial charge in [-0.1, -0.05) is 32.6 Å². The van der Waals surface area contributed by atoms with Gasteiger partial charge in [-0.25, -0.2) is 4.18 Å². The van der Waals surface area contributed by atoms with Crippen LogP contribution in [0.25, 0.3) is 0 Å². The standard InChI is InChI=1S/C7H16O4S.C4H10O.C2H6O2.C2H4/c1-2-3-4-5-6-7-11-12(8,9)10;1-3-5-4-2;3-1-2-4;1-2/h2-7H2,1H3,(H,8,9,10);3-4H2,1-2H3;3-4H,1-2H2;1-2H2. The Morgan fingerprint density at radius 2 is 1.30 bits per heavy atom. The molecule has 0 radical (unpaired) electrons. The van der Waals surface area contributed by atoms with E-state index in [0.717, 1.165) is 38.9 Å². The lowest BCUT2D eigenvalue weighted by Gasteiger charge is -1.99. The predicted octanol–water partition coefficient (Wildman–Crippen LogP) is 2.59. The molecule has 8 heteroatoms. The molecular weight excluding hydrogens is 324 g/mol. The van der Waals surface area contributed by atoms with Gasteiger partial charge >= 0.3 is 10.4 Å². The van der Waals surface area contributed by atoms with E-state index in [9.17, 15) is 8.42 Å². The number of rotatable bonds is 10. The third-order valence-electron chi connectivity index (χ3n) is 1.99. The van der Waals surface area contributed by atoms with Crippen molar-refractivity contribution in [1.29, 1.82) is 0 Å². The highest BCUT2D eigenvalue weighted by molar-refractivity contribution is 7.80. The van der Waals surface area contributed by atoms with Gasteiger partial charge in [-0.05, 0) is 20.3 Å². The van der Waals surface area contributed by atoms with Crippen molar-refractivity contribution in [2.24, 2.45) is 0 Å². The van der Waals surface area contributed by atoms with Crippen LogP contribution in [0.3, 0.4) is 0 Å². The highest BCUT2D eigenvalue weighted by atomic mass is 32.3. The van der Waals surface area contributed by atoms with Crippen molar-refractivity contribution in [3.05, 3.63) is 13.2 Å². The van der Waals surface area contributed by atoms with Gasteiger partial charge in [0.1, 0.15) is 0 Å². The number of hydrogen-bond acceptors (Lipinski definition) is 6. The zero-order chi connectivity index (χ0) is 19.0. The second-order valence-corrected chi connectivity index (χ2v) is 4.98. The summed E-state index contributed by atoms with van der Waals surface area (Å²) in [6, 6.07) is 0. The van der Waals surface area contributed by atoms with E-state index in [1.807, 2.05) is 13.8 Å². The Balaban J connectivity index is -0.000000136. The maximum absolute atomic E-state index is 10.1. The Morgan fingerprint density at radius 1 is 0.870 bits per heavy atom. The van der Waals surface area contributed by atoms with Crippen molar-refractivity contribution < 1.29 is 32.1 Å². The average molecular weight is 361 g/mol. The molecule has 0 spiro atoms. The molecule has 144 valence electrons. The molecule has 0 fully saturated rings. The normalized spacial score (nSPS) is 9.48. The molecule has 0 heterocycles. The lowest BCUT2D eigenvalue weighted by atomic mass is 10.2. The van der Waals surface area contributed by atoms with Crippen molar-refractivity contribution >= 4 is 10.4 Å². The quantitative estimate of drug-likeness (QED) is 0.312. The molecular formula is C15H36O7S. The van der Waals surface area contributed by atoms with Crippen molar-refractivity contribution in [2.75, 3.05) is 33.0 Å². The van der Waals surface area contributed by atoms with Crippen LogP contribution in [-0.2, 0) is 19.3 Å². The van der Waals surface area contributed by atoms with Crippen LogP contribution >= 0.6 is 0 Å². The third-order valence-corrected chi connectivity index (χ3v) is 2.45. The first kappa shape index (κ1) is 30.4. The van der Waals surface area contributed by atoms with Crippen LogP contribution in [0.4, 0.5) is 0 Å². The summed E-state index contributed by atoms with van der Waals surface area (Å²) in [6.07, 6.45) is 5.03. The average Bonchev–Trinajstić information content (AvgIpc) is 2.53. The molecule has 3 N–H and O–H groups in total. The minimum atomic E-state index is -4.22. The highest BCUT2D eigenvalue weighted by Gasteiger charge is 2.02. The van der Waals surface area contributed by atoms with E-state index < -0.39 is 10.4 Å². The highest BCUT2D eigenvalue weighted by Crippen LogP contribution is 2.02. The minimum Gasteiger partial charge on any atom is -0.394 e. The molecule has 0 saturated heterocycles. The van der Waals surface area contributed by atoms with Crippen molar-refractivity contribution in [2.45, 2.75) is 52.9 Å². The van der Waals surface area contributed by atoms with E-state index in [0.29, 0.717) is 6.42 Å². The summed E-state index contributed by atoms with van der Waals surface area (Å²) in [5, 5.41) is 15.2. The first-order chi connectivity index (χ1) is 10.9. The topological polar surface area (TPSA) is 113 Å². The lowest BCUT2D eigenvalue weighted by molar-refractivity contribution is 0.162. The van der Waals surface area contributed by atoms with E-state index >= 15 is 0 Å². The van der Waals surface area contributed by atoms with Crippen LogP contribution in [-0.4, -0.2) is 56.2 Å². The predicted molar refractivity (Wildman–Crippen MR) is 93.9 cm³/mol. The molecule has 0 saturated carbocycles. The Morgan fingerprint density at radius 3 is 1.57 bits per heavy atom. The molecule has 0 aromatic heterocycles. The van der Waals surface area contributed by atoms with E-state index in [2.05, 4.69) is 24.3 Å². The molecule has 0 aromatic rings. The van der Waals surface area contributed by atoms with Crippen LogP contribution in [0.5, 0.6) is 0 Å². The van der Waals surface area contributed by atoms with E-state index in [1.54, 1.807) is 0 Å². The zero-order valence-electron chi connectivity index (χ0n) is 14.9. The van der Waals surface area contributed by atoms with Gasteiger partial charge in [-0.15, -0.1) is 13.2 Å². The van der Waals surface area contributed by atoms with Crippen molar-refractivity contribution in [3.63, 3.8) is 0 Å². The van der Waals surface area contributed by atoms with Crippen LogP contribution in [0.2, 0.25) is 0 Å². The van der Waals surface area contributed by atoms with Gasteiger partial charge in [0.15, 0.2) is 0 Å². The minimum absolute atomic E-state index is 0.0859. The monoisotopic (exact) mass is 360 g/mol. The smallest absolute Gasteiger partial charge is 0.394 e. The van der Waals surface area contributed by atoms with Crippen LogP contribution in [0.15, 0.2) is 13.2 Å². The molecule has 0 aliphatic heterocycles. The van der Waals surface area contributed by atoms with Crippen molar-refractivity contribution in [1.82, 2.24) is 0 Å². The van der Waals surface area contributed by atoms with Gasteiger partial charge in [0.2, 0.25) is 0 Å². The Kier molecular flexibility index (Phi) is 39.0. The van der Waals surface area contributed by atoms with E-state index in [-0.39, 0.29) is 19.8 Å². The first-order valence-electron chi connectivity index (χ1n) is 7.80. The Hall–Kier alpha value is -0.510. The van der Waals surface area contributed by atoms with Gasteiger partial charge < -0.3 is 14.9 Å². The lowest BCUT2D eigenvalue weighted by Crippen LogP contribution is -2.04. The van der Waals surface area contributed by atoms with Crippen LogP contribution in [0, 0.1) is 0 Å². The number of aliphatic hydroxyl groups excluding tert-OH is 2. The summed E-state index contributed by atoms with van der Waals surface area (Å²) in [4.78, 5) is 0. The van der Waals surface area contributed by atoms with E-state index in [1.165, 1.54) is 0 Å². The molecule has 0 amide bonds. The molecule has 0 rings (SSSR count). The largest absolute Gasteiger partial charge is 0.397 e. The molecule has 23 heavy (non-hydrogen) atoms. The summed E-state index contributed by atoms with van der Waals surface area (Å²) >= 11 is 0. The summed E-state index contributed by atoms with van der Waals surface area (Å²) < 4.78 is 37.2. The molecule has 0 aliphatic rings. The fourth-order valence-corrected chi connectivity index (χ4v) is 1.40. The first-order valence-corrected chi connectivity index (χ1v) is 9.17. The fourth-order valence-electron chi connectivity index (χ4n) is 1.07. The zero-order valence-corrected chi connectivity index (χ0v) is 15.7. The number of unbranched alkanes of at least 4 members (excludes halogenated alkanes) is 4. The second-order valence-electron chi connectivity index (χ2n) is 3.89. The van der Waals surface area contributed by atoms with E-state index in [4.69, 9.17) is 19.5 Å². The number of ether oxygens (including phenoxy) is 1. The SMILES string of the molecule is C=C.CCCCCCCOS(=O)(=O)O.CCOCC.OCCO. The molecule has 0 unspecified atom stereocenters. The van der Waals surface area contributed by atoms with Gasteiger partial charge in [0, 0.05) is 13.2 Å². The molecule has 0 aromatic carbocycles. The maximum Gasteiger partial charge on any atom is 0.397 e. The van der Waals surface area contributed by atoms with Gasteiger partial charge in [0.25, 0.3) is 0 Å². The Labute approximate surface area is 142 Å². The summed E-state index contributed by atoms with van der Waals surface area (Å²) in [7, 11) is -4.22. The third kappa shape index (κ3) is 61.8. The summed E-state index contributed by atoms with van der Waals surface area (Å²) in [5.74, 6) is 0.